The molecule has 0 heterocycles. The predicted octanol–water partition coefficient (Wildman–Crippen LogP) is 4.27. The van der Waals surface area contributed by atoms with E-state index in [1.807, 2.05) is 0 Å². The highest BCUT2D eigenvalue weighted by molar-refractivity contribution is 9.10. The summed E-state index contributed by atoms with van der Waals surface area (Å²) in [6.07, 6.45) is 0. The zero-order valence-corrected chi connectivity index (χ0v) is 15.6. The third-order valence-electron chi connectivity index (χ3n) is 2.88. The van der Waals surface area contributed by atoms with Crippen LogP contribution in [-0.2, 0) is 10.0 Å². The number of hydrogen-bond acceptors (Lipinski definition) is 3. The van der Waals surface area contributed by atoms with E-state index in [1.165, 1.54) is 25.2 Å². The molecule has 8 heteroatoms. The second-order valence-corrected chi connectivity index (χ2v) is 8.40. The third kappa shape index (κ3) is 3.36. The van der Waals surface area contributed by atoms with Gasteiger partial charge in [-0.3, -0.25) is 4.31 Å². The molecule has 4 nitrogen and oxygen atoms in total. The Morgan fingerprint density at radius 2 is 1.81 bits per heavy atom. The van der Waals surface area contributed by atoms with Gasteiger partial charge in [0.1, 0.15) is 0 Å². The van der Waals surface area contributed by atoms with E-state index in [9.17, 15) is 8.42 Å². The Balaban J connectivity index is 2.49. The lowest BCUT2D eigenvalue weighted by Crippen LogP contribution is -2.27. The fourth-order valence-electron chi connectivity index (χ4n) is 1.74. The Labute approximate surface area is 145 Å². The number of hydrogen-bond donors (Lipinski definition) is 1. The molecule has 0 aliphatic rings. The van der Waals surface area contributed by atoms with Crippen molar-refractivity contribution in [1.82, 2.24) is 0 Å². The molecule has 2 aromatic rings. The second-order valence-electron chi connectivity index (χ2n) is 4.25. The van der Waals surface area contributed by atoms with Gasteiger partial charge in [0.25, 0.3) is 10.0 Å². The van der Waals surface area contributed by atoms with E-state index in [4.69, 9.17) is 17.3 Å². The fraction of sp³-hybridized carbons (Fsp3) is 0.0769. The molecule has 0 bridgehead atoms. The molecule has 0 aliphatic carbocycles. The molecule has 0 amide bonds. The first-order valence-electron chi connectivity index (χ1n) is 5.72. The van der Waals surface area contributed by atoms with Gasteiger partial charge in [0.05, 0.1) is 21.3 Å². The minimum atomic E-state index is -3.72. The number of benzene rings is 2. The SMILES string of the molecule is CN(c1ccc(Br)cc1N)S(=O)(=O)c1ccc(Cl)c(Br)c1. The van der Waals surface area contributed by atoms with Crippen molar-refractivity contribution in [3.8, 4) is 0 Å². The summed E-state index contributed by atoms with van der Waals surface area (Å²) >= 11 is 12.4. The van der Waals surface area contributed by atoms with Crippen LogP contribution >= 0.6 is 43.5 Å². The molecule has 112 valence electrons. The van der Waals surface area contributed by atoms with E-state index in [0.717, 1.165) is 8.78 Å². The summed E-state index contributed by atoms with van der Waals surface area (Å²) in [5.74, 6) is 0. The quantitative estimate of drug-likeness (QED) is 0.705. The van der Waals surface area contributed by atoms with Gasteiger partial charge >= 0.3 is 0 Å². The number of nitrogens with two attached hydrogens (primary N) is 1. The first-order chi connectivity index (χ1) is 9.73. The number of anilines is 2. The number of sulfonamides is 1. The van der Waals surface area contributed by atoms with Crippen LogP contribution in [0.1, 0.15) is 0 Å². The first kappa shape index (κ1) is 16.6. The summed E-state index contributed by atoms with van der Waals surface area (Å²) < 4.78 is 27.7. The summed E-state index contributed by atoms with van der Waals surface area (Å²) in [6.45, 7) is 0. The van der Waals surface area contributed by atoms with E-state index >= 15 is 0 Å². The Hall–Kier alpha value is -0.760. The van der Waals surface area contributed by atoms with E-state index in [-0.39, 0.29) is 4.90 Å². The Kier molecular flexibility index (Phi) is 4.87. The van der Waals surface area contributed by atoms with Gasteiger partial charge in [-0.05, 0) is 52.3 Å². The van der Waals surface area contributed by atoms with Crippen molar-refractivity contribution in [2.75, 3.05) is 17.1 Å². The molecule has 0 spiro atoms. The van der Waals surface area contributed by atoms with Crippen LogP contribution in [0.15, 0.2) is 50.2 Å². The maximum atomic E-state index is 12.6. The molecule has 0 unspecified atom stereocenters. The summed E-state index contributed by atoms with van der Waals surface area (Å²) in [6, 6.07) is 9.46. The Morgan fingerprint density at radius 3 is 2.38 bits per heavy atom. The number of rotatable bonds is 3. The summed E-state index contributed by atoms with van der Waals surface area (Å²) in [7, 11) is -2.26. The lowest BCUT2D eigenvalue weighted by atomic mass is 10.3. The molecule has 0 fully saturated rings. The van der Waals surface area contributed by atoms with Crippen molar-refractivity contribution in [3.05, 3.63) is 50.4 Å². The van der Waals surface area contributed by atoms with E-state index in [2.05, 4.69) is 31.9 Å². The molecule has 2 rings (SSSR count). The van der Waals surface area contributed by atoms with Gasteiger partial charge in [0.2, 0.25) is 0 Å². The Morgan fingerprint density at radius 1 is 1.14 bits per heavy atom. The molecular weight excluding hydrogens is 443 g/mol. The molecular formula is C13H11Br2ClN2O2S. The highest BCUT2D eigenvalue weighted by atomic mass is 79.9. The molecule has 0 aliphatic heterocycles. The van der Waals surface area contributed by atoms with E-state index in [0.29, 0.717) is 20.9 Å². The van der Waals surface area contributed by atoms with Crippen LogP contribution in [0.25, 0.3) is 0 Å². The first-order valence-corrected chi connectivity index (χ1v) is 9.13. The van der Waals surface area contributed by atoms with Gasteiger partial charge < -0.3 is 5.73 Å². The van der Waals surface area contributed by atoms with Crippen LogP contribution in [0.3, 0.4) is 0 Å². The number of halogens is 3. The van der Waals surface area contributed by atoms with Gasteiger partial charge in [-0.2, -0.15) is 0 Å². The highest BCUT2D eigenvalue weighted by Gasteiger charge is 2.23. The molecule has 0 aromatic heterocycles. The third-order valence-corrected chi connectivity index (χ3v) is 6.35. The summed E-state index contributed by atoms with van der Waals surface area (Å²) in [4.78, 5) is 0.128. The standard InChI is InChI=1S/C13H11Br2ClN2O2S/c1-18(13-5-2-8(14)6-12(13)17)21(19,20)9-3-4-11(16)10(15)7-9/h2-7H,17H2,1H3. The van der Waals surface area contributed by atoms with Gasteiger partial charge in [-0.1, -0.05) is 27.5 Å². The Bertz CT molecular complexity index is 797. The lowest BCUT2D eigenvalue weighted by Gasteiger charge is -2.21. The van der Waals surface area contributed by atoms with Crippen LogP contribution in [0.2, 0.25) is 5.02 Å². The largest absolute Gasteiger partial charge is 0.397 e. The van der Waals surface area contributed by atoms with Crippen molar-refractivity contribution in [3.63, 3.8) is 0 Å². The molecule has 2 N–H and O–H groups in total. The normalized spacial score (nSPS) is 11.4. The minimum Gasteiger partial charge on any atom is -0.397 e. The maximum absolute atomic E-state index is 12.6. The van der Waals surface area contributed by atoms with Crippen LogP contribution in [0.4, 0.5) is 11.4 Å². The highest BCUT2D eigenvalue weighted by Crippen LogP contribution is 2.32. The van der Waals surface area contributed by atoms with Gasteiger partial charge in [0, 0.05) is 16.0 Å². The molecule has 21 heavy (non-hydrogen) atoms. The van der Waals surface area contributed by atoms with Crippen molar-refractivity contribution in [2.45, 2.75) is 4.90 Å². The lowest BCUT2D eigenvalue weighted by molar-refractivity contribution is 0.594. The van der Waals surface area contributed by atoms with Gasteiger partial charge in [-0.15, -0.1) is 0 Å². The second kappa shape index (κ2) is 6.16. The van der Waals surface area contributed by atoms with E-state index in [1.54, 1.807) is 18.2 Å². The molecule has 0 radical (unpaired) electrons. The zero-order valence-electron chi connectivity index (χ0n) is 10.8. The minimum absolute atomic E-state index is 0.128. The monoisotopic (exact) mass is 452 g/mol. The fourth-order valence-corrected chi connectivity index (χ4v) is 4.01. The predicted molar refractivity (Wildman–Crippen MR) is 93.3 cm³/mol. The summed E-state index contributed by atoms with van der Waals surface area (Å²) in [5, 5.41) is 0.444. The van der Waals surface area contributed by atoms with Crippen molar-refractivity contribution < 1.29 is 8.42 Å². The molecule has 2 aromatic carbocycles. The zero-order chi connectivity index (χ0) is 15.8. The number of nitrogen functional groups attached to an aromatic ring is 1. The van der Waals surface area contributed by atoms with Crippen LogP contribution in [-0.4, -0.2) is 15.5 Å². The van der Waals surface area contributed by atoms with Crippen molar-refractivity contribution in [1.29, 1.82) is 0 Å². The van der Waals surface area contributed by atoms with Gasteiger partial charge in [-0.25, -0.2) is 8.42 Å². The van der Waals surface area contributed by atoms with E-state index < -0.39 is 10.0 Å². The maximum Gasteiger partial charge on any atom is 0.264 e. The average molecular weight is 455 g/mol. The smallest absolute Gasteiger partial charge is 0.264 e. The molecule has 0 saturated heterocycles. The van der Waals surface area contributed by atoms with Gasteiger partial charge in [0.15, 0.2) is 0 Å². The van der Waals surface area contributed by atoms with Crippen LogP contribution in [0.5, 0.6) is 0 Å². The van der Waals surface area contributed by atoms with Crippen molar-refractivity contribution >= 4 is 64.9 Å². The average Bonchev–Trinajstić information content (AvgIpc) is 2.41. The molecule has 0 saturated carbocycles. The van der Waals surface area contributed by atoms with Crippen LogP contribution in [0, 0.1) is 0 Å². The van der Waals surface area contributed by atoms with Crippen molar-refractivity contribution in [2.24, 2.45) is 0 Å². The van der Waals surface area contributed by atoms with Crippen LogP contribution < -0.4 is 10.0 Å². The molecule has 0 atom stereocenters. The summed E-state index contributed by atoms with van der Waals surface area (Å²) in [5.41, 5.74) is 6.66. The number of nitrogens with zero attached hydrogens (tertiary/aromatic N) is 1. The topological polar surface area (TPSA) is 63.4 Å².